The van der Waals surface area contributed by atoms with Gasteiger partial charge in [0, 0.05) is 6.20 Å². The summed E-state index contributed by atoms with van der Waals surface area (Å²) >= 11 is 0. The van der Waals surface area contributed by atoms with Crippen LogP contribution in [0.1, 0.15) is 11.7 Å². The molecule has 0 saturated carbocycles. The minimum absolute atomic E-state index is 0.0915. The molecular formula is C8H9FN2O. The number of nitrogens with one attached hydrogen (secondary N) is 1. The number of aromatic nitrogens is 1. The molecule has 2 heterocycles. The van der Waals surface area contributed by atoms with Gasteiger partial charge >= 0.3 is 0 Å². The smallest absolute Gasteiger partial charge is 0.146 e. The second kappa shape index (κ2) is 3.16. The zero-order valence-corrected chi connectivity index (χ0v) is 6.46. The summed E-state index contributed by atoms with van der Waals surface area (Å²) in [5.41, 5.74) is 0.440. The van der Waals surface area contributed by atoms with Gasteiger partial charge in [0.15, 0.2) is 0 Å². The van der Waals surface area contributed by atoms with Crippen LogP contribution >= 0.6 is 0 Å². The second-order valence-electron chi connectivity index (χ2n) is 2.64. The molecule has 64 valence electrons. The zero-order chi connectivity index (χ0) is 8.39. The van der Waals surface area contributed by atoms with E-state index in [9.17, 15) is 4.39 Å². The maximum atomic E-state index is 13.1. The van der Waals surface area contributed by atoms with Crippen molar-refractivity contribution >= 4 is 0 Å². The monoisotopic (exact) mass is 168 g/mol. The van der Waals surface area contributed by atoms with E-state index >= 15 is 0 Å². The Hall–Kier alpha value is -1.00. The van der Waals surface area contributed by atoms with E-state index in [0.717, 1.165) is 0 Å². The van der Waals surface area contributed by atoms with Crippen molar-refractivity contribution in [2.75, 3.05) is 13.3 Å². The molecule has 1 aromatic rings. The van der Waals surface area contributed by atoms with Crippen molar-refractivity contribution in [1.82, 2.24) is 10.3 Å². The molecule has 1 fully saturated rings. The Morgan fingerprint density at radius 3 is 3.25 bits per heavy atom. The molecule has 3 nitrogen and oxygen atoms in total. The van der Waals surface area contributed by atoms with Crippen LogP contribution in [0.5, 0.6) is 0 Å². The minimum atomic E-state index is -0.277. The molecule has 1 aliphatic heterocycles. The summed E-state index contributed by atoms with van der Waals surface area (Å²) in [5, 5.41) is 2.99. The highest BCUT2D eigenvalue weighted by atomic mass is 19.1. The summed E-state index contributed by atoms with van der Waals surface area (Å²) < 4.78 is 18.1. The van der Waals surface area contributed by atoms with Crippen LogP contribution in [-0.4, -0.2) is 18.3 Å². The molecule has 0 aliphatic carbocycles. The molecule has 2 rings (SSSR count). The van der Waals surface area contributed by atoms with E-state index in [-0.39, 0.29) is 11.9 Å². The van der Waals surface area contributed by atoms with Crippen LogP contribution in [0.3, 0.4) is 0 Å². The van der Waals surface area contributed by atoms with E-state index in [1.807, 2.05) is 0 Å². The average molecular weight is 168 g/mol. The number of hydrogen-bond acceptors (Lipinski definition) is 3. The molecule has 0 bridgehead atoms. The molecule has 1 unspecified atom stereocenters. The van der Waals surface area contributed by atoms with Crippen LogP contribution in [0.4, 0.5) is 4.39 Å². The van der Waals surface area contributed by atoms with E-state index < -0.39 is 0 Å². The van der Waals surface area contributed by atoms with Crippen LogP contribution in [0.25, 0.3) is 0 Å². The molecule has 1 saturated heterocycles. The number of halogens is 1. The first kappa shape index (κ1) is 7.64. The Morgan fingerprint density at radius 2 is 2.58 bits per heavy atom. The Balaban J connectivity index is 2.26. The van der Waals surface area contributed by atoms with Gasteiger partial charge in [0.05, 0.1) is 25.1 Å². The van der Waals surface area contributed by atoms with Gasteiger partial charge in [-0.3, -0.25) is 10.3 Å². The fourth-order valence-electron chi connectivity index (χ4n) is 1.23. The van der Waals surface area contributed by atoms with E-state index in [1.54, 1.807) is 12.3 Å². The highest BCUT2D eigenvalue weighted by molar-refractivity contribution is 5.12. The highest BCUT2D eigenvalue weighted by Gasteiger charge is 2.20. The number of ether oxygens (including phenoxy) is 1. The predicted molar refractivity (Wildman–Crippen MR) is 40.9 cm³/mol. The summed E-state index contributed by atoms with van der Waals surface area (Å²) in [4.78, 5) is 3.94. The standard InChI is InChI=1S/C8H9FN2O/c9-6-2-1-3-10-8(6)7-4-12-5-11-7/h1-3,7,11H,4-5H2. The molecule has 1 aromatic heterocycles. The Bertz CT molecular complexity index is 274. The van der Waals surface area contributed by atoms with Crippen LogP contribution < -0.4 is 5.32 Å². The molecule has 1 aliphatic rings. The third kappa shape index (κ3) is 1.31. The van der Waals surface area contributed by atoms with Crippen molar-refractivity contribution in [3.63, 3.8) is 0 Å². The third-order valence-electron chi connectivity index (χ3n) is 1.83. The number of nitrogens with zero attached hydrogens (tertiary/aromatic N) is 1. The molecular weight excluding hydrogens is 159 g/mol. The average Bonchev–Trinajstić information content (AvgIpc) is 2.57. The minimum Gasteiger partial charge on any atom is -0.364 e. The van der Waals surface area contributed by atoms with Gasteiger partial charge in [0.25, 0.3) is 0 Å². The molecule has 4 heteroatoms. The fraction of sp³-hybridized carbons (Fsp3) is 0.375. The molecule has 0 aromatic carbocycles. The van der Waals surface area contributed by atoms with Gasteiger partial charge in [-0.15, -0.1) is 0 Å². The molecule has 12 heavy (non-hydrogen) atoms. The van der Waals surface area contributed by atoms with Crippen LogP contribution in [0.2, 0.25) is 0 Å². The number of hydrogen-bond donors (Lipinski definition) is 1. The Kier molecular flexibility index (Phi) is 2.01. The first-order chi connectivity index (χ1) is 5.88. The Morgan fingerprint density at radius 1 is 1.67 bits per heavy atom. The van der Waals surface area contributed by atoms with Crippen LogP contribution in [-0.2, 0) is 4.74 Å². The van der Waals surface area contributed by atoms with Crippen molar-refractivity contribution in [3.05, 3.63) is 29.8 Å². The first-order valence-electron chi connectivity index (χ1n) is 3.79. The van der Waals surface area contributed by atoms with Gasteiger partial charge in [-0.1, -0.05) is 0 Å². The van der Waals surface area contributed by atoms with Gasteiger partial charge in [0.1, 0.15) is 5.82 Å². The predicted octanol–water partition coefficient (Wildman–Crippen LogP) is 0.839. The summed E-state index contributed by atoms with van der Waals surface area (Å²) in [6, 6.07) is 2.89. The lowest BCUT2D eigenvalue weighted by atomic mass is 10.2. The van der Waals surface area contributed by atoms with Crippen molar-refractivity contribution in [2.45, 2.75) is 6.04 Å². The molecule has 0 spiro atoms. The van der Waals surface area contributed by atoms with Crippen molar-refractivity contribution in [2.24, 2.45) is 0 Å². The zero-order valence-electron chi connectivity index (χ0n) is 6.46. The quantitative estimate of drug-likeness (QED) is 0.674. The van der Waals surface area contributed by atoms with Crippen molar-refractivity contribution < 1.29 is 9.13 Å². The topological polar surface area (TPSA) is 34.1 Å². The van der Waals surface area contributed by atoms with Gasteiger partial charge < -0.3 is 4.74 Å². The van der Waals surface area contributed by atoms with E-state index in [4.69, 9.17) is 4.74 Å². The molecule has 1 atom stereocenters. The lowest BCUT2D eigenvalue weighted by Gasteiger charge is -2.07. The van der Waals surface area contributed by atoms with Gasteiger partial charge in [-0.25, -0.2) is 4.39 Å². The summed E-state index contributed by atoms with van der Waals surface area (Å²) in [6.45, 7) is 0.967. The first-order valence-corrected chi connectivity index (χ1v) is 3.79. The molecule has 0 amide bonds. The molecule has 1 N–H and O–H groups in total. The summed E-state index contributed by atoms with van der Waals surface area (Å²) in [6.07, 6.45) is 1.58. The SMILES string of the molecule is Fc1cccnc1C1COCN1. The van der Waals surface area contributed by atoms with Crippen LogP contribution in [0, 0.1) is 5.82 Å². The van der Waals surface area contributed by atoms with E-state index in [0.29, 0.717) is 19.0 Å². The largest absolute Gasteiger partial charge is 0.364 e. The lowest BCUT2D eigenvalue weighted by molar-refractivity contribution is 0.189. The summed E-state index contributed by atoms with van der Waals surface area (Å²) in [5.74, 6) is -0.277. The normalized spacial score (nSPS) is 22.9. The van der Waals surface area contributed by atoms with Crippen molar-refractivity contribution in [3.8, 4) is 0 Å². The third-order valence-corrected chi connectivity index (χ3v) is 1.83. The van der Waals surface area contributed by atoms with E-state index in [1.165, 1.54) is 6.07 Å². The van der Waals surface area contributed by atoms with Gasteiger partial charge in [-0.2, -0.15) is 0 Å². The van der Waals surface area contributed by atoms with Crippen LogP contribution in [0.15, 0.2) is 18.3 Å². The maximum absolute atomic E-state index is 13.1. The lowest BCUT2D eigenvalue weighted by Crippen LogP contribution is -2.17. The van der Waals surface area contributed by atoms with E-state index in [2.05, 4.69) is 10.3 Å². The Labute approximate surface area is 69.6 Å². The highest BCUT2D eigenvalue weighted by Crippen LogP contribution is 2.16. The number of rotatable bonds is 1. The van der Waals surface area contributed by atoms with Gasteiger partial charge in [0.2, 0.25) is 0 Å². The summed E-state index contributed by atoms with van der Waals surface area (Å²) in [7, 11) is 0. The second-order valence-corrected chi connectivity index (χ2v) is 2.64. The maximum Gasteiger partial charge on any atom is 0.146 e. The van der Waals surface area contributed by atoms with Gasteiger partial charge in [-0.05, 0) is 12.1 Å². The van der Waals surface area contributed by atoms with Crippen molar-refractivity contribution in [1.29, 1.82) is 0 Å². The fourth-order valence-corrected chi connectivity index (χ4v) is 1.23. The number of pyridine rings is 1. The molecule has 0 radical (unpaired) electrons.